The lowest BCUT2D eigenvalue weighted by molar-refractivity contribution is 0.0696. The number of carbonyl (C=O) groups is 2. The molecule has 0 heterocycles. The fourth-order valence-corrected chi connectivity index (χ4v) is 5.04. The van der Waals surface area contributed by atoms with Crippen molar-refractivity contribution < 1.29 is 23.1 Å². The van der Waals surface area contributed by atoms with Gasteiger partial charge in [0, 0.05) is 5.69 Å². The summed E-state index contributed by atoms with van der Waals surface area (Å²) in [6.45, 7) is 0. The van der Waals surface area contributed by atoms with Crippen LogP contribution >= 0.6 is 0 Å². The summed E-state index contributed by atoms with van der Waals surface area (Å²) in [5, 5.41) is 11.8. The third-order valence-corrected chi connectivity index (χ3v) is 6.66. The normalized spacial score (nSPS) is 15.0. The van der Waals surface area contributed by atoms with Gasteiger partial charge < -0.3 is 10.4 Å². The van der Waals surface area contributed by atoms with Gasteiger partial charge in [-0.3, -0.25) is 0 Å². The van der Waals surface area contributed by atoms with Crippen LogP contribution in [0.1, 0.15) is 45.5 Å². The van der Waals surface area contributed by atoms with Crippen LogP contribution in [0.5, 0.6) is 0 Å². The summed E-state index contributed by atoms with van der Waals surface area (Å²) in [7, 11) is -4.19. The zero-order valence-corrected chi connectivity index (χ0v) is 15.9. The number of amides is 2. The van der Waals surface area contributed by atoms with Crippen molar-refractivity contribution in [3.8, 4) is 0 Å². The minimum Gasteiger partial charge on any atom is -0.478 e. The number of hydrogen-bond donors (Lipinski definition) is 3. The summed E-state index contributed by atoms with van der Waals surface area (Å²) in [4.78, 5) is 23.3. The van der Waals surface area contributed by atoms with Gasteiger partial charge in [0.05, 0.1) is 10.5 Å². The highest BCUT2D eigenvalue weighted by Gasteiger charge is 2.26. The quantitative estimate of drug-likeness (QED) is 0.730. The Morgan fingerprint density at radius 3 is 2.18 bits per heavy atom. The number of carboxylic acids is 1. The van der Waals surface area contributed by atoms with Crippen LogP contribution in [-0.2, 0) is 35.7 Å². The predicted molar refractivity (Wildman–Crippen MR) is 103 cm³/mol. The van der Waals surface area contributed by atoms with Crippen molar-refractivity contribution >= 4 is 27.7 Å². The molecule has 0 saturated carbocycles. The minimum atomic E-state index is -4.19. The van der Waals surface area contributed by atoms with Crippen LogP contribution in [0.15, 0.2) is 35.2 Å². The van der Waals surface area contributed by atoms with Crippen molar-refractivity contribution in [2.45, 2.75) is 43.4 Å². The first kappa shape index (κ1) is 18.5. The Morgan fingerprint density at radius 1 is 0.929 bits per heavy atom. The van der Waals surface area contributed by atoms with E-state index in [0.717, 1.165) is 61.4 Å². The summed E-state index contributed by atoms with van der Waals surface area (Å²) in [5.74, 6) is -1.24. The van der Waals surface area contributed by atoms with Gasteiger partial charge in [-0.1, -0.05) is 12.1 Å². The summed E-state index contributed by atoms with van der Waals surface area (Å²) >= 11 is 0. The average Bonchev–Trinajstić information content (AvgIpc) is 3.30. The van der Waals surface area contributed by atoms with Gasteiger partial charge in [0.2, 0.25) is 0 Å². The molecular weight excluding hydrogens is 380 g/mol. The Hall–Kier alpha value is -2.87. The van der Waals surface area contributed by atoms with E-state index in [1.165, 1.54) is 29.3 Å². The lowest BCUT2D eigenvalue weighted by atomic mass is 9.99. The molecule has 2 aliphatic rings. The van der Waals surface area contributed by atoms with Gasteiger partial charge in [-0.15, -0.1) is 0 Å². The molecule has 3 N–H and O–H groups in total. The first-order valence-corrected chi connectivity index (χ1v) is 10.7. The summed E-state index contributed by atoms with van der Waals surface area (Å²) in [6.07, 6.45) is 5.72. The zero-order chi connectivity index (χ0) is 19.9. The number of benzene rings is 2. The van der Waals surface area contributed by atoms with Crippen molar-refractivity contribution in [2.24, 2.45) is 0 Å². The molecule has 0 aromatic heterocycles. The van der Waals surface area contributed by atoms with E-state index in [1.807, 2.05) is 4.72 Å². The van der Waals surface area contributed by atoms with Gasteiger partial charge >= 0.3 is 12.0 Å². The predicted octanol–water partition coefficient (Wildman–Crippen LogP) is 2.87. The molecular formula is C20H20N2O5S. The van der Waals surface area contributed by atoms with Crippen LogP contribution in [0.4, 0.5) is 10.5 Å². The maximum atomic E-state index is 12.5. The fraction of sp³-hybridized carbons (Fsp3) is 0.300. The molecule has 4 rings (SSSR count). The number of rotatable bonds is 4. The Kier molecular flexibility index (Phi) is 4.58. The first-order valence-electron chi connectivity index (χ1n) is 9.19. The number of aryl methyl sites for hydroxylation is 2. The zero-order valence-electron chi connectivity index (χ0n) is 15.1. The van der Waals surface area contributed by atoms with Crippen LogP contribution in [0.25, 0.3) is 0 Å². The van der Waals surface area contributed by atoms with Gasteiger partial charge in [0.1, 0.15) is 0 Å². The van der Waals surface area contributed by atoms with Gasteiger partial charge in [-0.25, -0.2) is 22.7 Å². The molecule has 146 valence electrons. The Bertz CT molecular complexity index is 1060. The molecule has 2 aliphatic carbocycles. The highest BCUT2D eigenvalue weighted by Crippen LogP contribution is 2.38. The molecule has 0 spiro atoms. The minimum absolute atomic E-state index is 0.165. The van der Waals surface area contributed by atoms with Crippen molar-refractivity contribution in [3.05, 3.63) is 58.1 Å². The SMILES string of the molecule is O=C(Nc1c2c(cc3c1CCC3)CCC2)NS(=O)(=O)c1cccc(C(=O)O)c1. The summed E-state index contributed by atoms with van der Waals surface area (Å²) in [5.41, 5.74) is 5.24. The third kappa shape index (κ3) is 3.35. The molecule has 0 atom stereocenters. The maximum absolute atomic E-state index is 12.5. The van der Waals surface area contributed by atoms with E-state index in [0.29, 0.717) is 0 Å². The van der Waals surface area contributed by atoms with Crippen LogP contribution in [-0.4, -0.2) is 25.5 Å². The molecule has 2 amide bonds. The number of aromatic carboxylic acids is 1. The number of carboxylic acid groups (broad SMARTS) is 1. The highest BCUT2D eigenvalue weighted by atomic mass is 32.2. The number of carbonyl (C=O) groups excluding carboxylic acids is 1. The molecule has 8 heteroatoms. The van der Waals surface area contributed by atoms with Crippen molar-refractivity contribution in [1.29, 1.82) is 0 Å². The van der Waals surface area contributed by atoms with Gasteiger partial charge in [0.15, 0.2) is 0 Å². The van der Waals surface area contributed by atoms with E-state index in [4.69, 9.17) is 5.11 Å². The van der Waals surface area contributed by atoms with E-state index < -0.39 is 22.0 Å². The first-order chi connectivity index (χ1) is 13.3. The van der Waals surface area contributed by atoms with Gasteiger partial charge in [-0.2, -0.15) is 0 Å². The van der Waals surface area contributed by atoms with E-state index in [2.05, 4.69) is 11.4 Å². The van der Waals surface area contributed by atoms with E-state index in [1.54, 1.807) is 0 Å². The monoisotopic (exact) mass is 400 g/mol. The standard InChI is InChI=1S/C20H20N2O5S/c23-19(24)14-6-1-7-15(11-14)28(26,27)22-20(25)21-18-16-8-2-4-12(16)10-13-5-3-9-17(13)18/h1,6-7,10-11H,2-5,8-9H2,(H,23,24)(H2,21,22,25). The molecule has 2 aromatic carbocycles. The van der Waals surface area contributed by atoms with Crippen molar-refractivity contribution in [1.82, 2.24) is 4.72 Å². The molecule has 0 bridgehead atoms. The number of nitrogens with one attached hydrogen (secondary N) is 2. The second-order valence-electron chi connectivity index (χ2n) is 7.13. The number of hydrogen-bond acceptors (Lipinski definition) is 4. The second-order valence-corrected chi connectivity index (χ2v) is 8.81. The van der Waals surface area contributed by atoms with Crippen LogP contribution < -0.4 is 10.0 Å². The second kappa shape index (κ2) is 6.94. The van der Waals surface area contributed by atoms with E-state index >= 15 is 0 Å². The molecule has 0 saturated heterocycles. The Balaban J connectivity index is 1.59. The van der Waals surface area contributed by atoms with E-state index in [9.17, 15) is 18.0 Å². The Morgan fingerprint density at radius 2 is 1.57 bits per heavy atom. The highest BCUT2D eigenvalue weighted by molar-refractivity contribution is 7.90. The van der Waals surface area contributed by atoms with Crippen LogP contribution in [0.2, 0.25) is 0 Å². The molecule has 0 fully saturated rings. The summed E-state index contributed by atoms with van der Waals surface area (Å²) in [6, 6.07) is 6.28. The molecule has 7 nitrogen and oxygen atoms in total. The number of sulfonamides is 1. The average molecular weight is 400 g/mol. The van der Waals surface area contributed by atoms with Gasteiger partial charge in [-0.05, 0) is 79.0 Å². The molecule has 28 heavy (non-hydrogen) atoms. The van der Waals surface area contributed by atoms with E-state index in [-0.39, 0.29) is 10.5 Å². The largest absolute Gasteiger partial charge is 0.478 e. The molecule has 2 aromatic rings. The number of urea groups is 1. The van der Waals surface area contributed by atoms with Crippen molar-refractivity contribution in [2.75, 3.05) is 5.32 Å². The number of anilines is 1. The summed E-state index contributed by atoms with van der Waals surface area (Å²) < 4.78 is 27.0. The maximum Gasteiger partial charge on any atom is 0.335 e. The number of fused-ring (bicyclic) bond motifs is 2. The lowest BCUT2D eigenvalue weighted by Gasteiger charge is -2.16. The fourth-order valence-electron chi connectivity index (χ4n) is 4.08. The molecule has 0 unspecified atom stereocenters. The topological polar surface area (TPSA) is 113 Å². The molecule has 0 aliphatic heterocycles. The third-order valence-electron chi connectivity index (χ3n) is 5.33. The van der Waals surface area contributed by atoms with Gasteiger partial charge in [0.25, 0.3) is 10.0 Å². The lowest BCUT2D eigenvalue weighted by Crippen LogP contribution is -2.35. The smallest absolute Gasteiger partial charge is 0.335 e. The van der Waals surface area contributed by atoms with Crippen LogP contribution in [0, 0.1) is 0 Å². The van der Waals surface area contributed by atoms with Crippen LogP contribution in [0.3, 0.4) is 0 Å². The Labute approximate surface area is 162 Å². The molecule has 0 radical (unpaired) electrons. The van der Waals surface area contributed by atoms with Crippen molar-refractivity contribution in [3.63, 3.8) is 0 Å².